The monoisotopic (exact) mass is 397 g/mol. The van der Waals surface area contributed by atoms with E-state index in [1.54, 1.807) is 30.3 Å². The first-order valence-electron chi connectivity index (χ1n) is 9.76. The summed E-state index contributed by atoms with van der Waals surface area (Å²) in [6, 6.07) is 12.5. The number of rotatable bonds is 11. The summed E-state index contributed by atoms with van der Waals surface area (Å²) in [5, 5.41) is 11.7. The van der Waals surface area contributed by atoms with Crippen LogP contribution in [-0.4, -0.2) is 29.4 Å². The van der Waals surface area contributed by atoms with E-state index in [9.17, 15) is 14.4 Å². The Morgan fingerprint density at radius 3 is 2.38 bits per heavy atom. The molecule has 0 bridgehead atoms. The highest BCUT2D eigenvalue weighted by atomic mass is 16.5. The van der Waals surface area contributed by atoms with Crippen LogP contribution in [0, 0.1) is 6.92 Å². The molecule has 29 heavy (non-hydrogen) atoms. The van der Waals surface area contributed by atoms with Gasteiger partial charge in [0.2, 0.25) is 5.91 Å². The molecular weight excluding hydrogens is 370 g/mol. The number of hydrogen-bond acceptors (Lipinski definition) is 4. The van der Waals surface area contributed by atoms with Gasteiger partial charge in [0.25, 0.3) is 0 Å². The van der Waals surface area contributed by atoms with Crippen molar-refractivity contribution in [3.8, 4) is 5.75 Å². The van der Waals surface area contributed by atoms with Gasteiger partial charge in [-0.3, -0.25) is 14.4 Å². The van der Waals surface area contributed by atoms with Crippen LogP contribution in [0.2, 0.25) is 0 Å². The normalized spacial score (nSPS) is 10.4. The maximum atomic E-state index is 12.4. The molecule has 1 amide bonds. The molecule has 0 aromatic heterocycles. The van der Waals surface area contributed by atoms with Gasteiger partial charge in [-0.15, -0.1) is 0 Å². The summed E-state index contributed by atoms with van der Waals surface area (Å²) in [4.78, 5) is 35.5. The zero-order chi connectivity index (χ0) is 21.2. The quantitative estimate of drug-likeness (QED) is 0.548. The lowest BCUT2D eigenvalue weighted by Gasteiger charge is -2.14. The van der Waals surface area contributed by atoms with Crippen LogP contribution < -0.4 is 10.1 Å². The number of ketones is 1. The lowest BCUT2D eigenvalue weighted by Crippen LogP contribution is -2.15. The molecule has 0 heterocycles. The fourth-order valence-corrected chi connectivity index (χ4v) is 2.74. The van der Waals surface area contributed by atoms with Gasteiger partial charge in [0, 0.05) is 24.8 Å². The summed E-state index contributed by atoms with van der Waals surface area (Å²) in [5.74, 6) is -0.722. The van der Waals surface area contributed by atoms with Crippen molar-refractivity contribution in [2.75, 3.05) is 11.9 Å². The first-order chi connectivity index (χ1) is 13.9. The van der Waals surface area contributed by atoms with Crippen LogP contribution in [0.25, 0.3) is 0 Å². The van der Waals surface area contributed by atoms with E-state index in [1.807, 2.05) is 26.0 Å². The van der Waals surface area contributed by atoms with Crippen molar-refractivity contribution in [1.82, 2.24) is 0 Å². The molecular formula is C23H27NO5. The van der Waals surface area contributed by atoms with Gasteiger partial charge in [-0.25, -0.2) is 0 Å². The Kier molecular flexibility index (Phi) is 8.40. The van der Waals surface area contributed by atoms with Crippen LogP contribution in [0.1, 0.15) is 54.1 Å². The Labute approximate surface area is 170 Å². The molecule has 2 aromatic rings. The molecule has 0 saturated carbocycles. The molecule has 0 spiro atoms. The van der Waals surface area contributed by atoms with E-state index in [2.05, 4.69) is 5.32 Å². The number of aryl methyl sites for hydroxylation is 2. The predicted molar refractivity (Wildman–Crippen MR) is 112 cm³/mol. The van der Waals surface area contributed by atoms with Crippen molar-refractivity contribution in [2.45, 2.75) is 46.0 Å². The average molecular weight is 397 g/mol. The molecule has 0 aliphatic carbocycles. The van der Waals surface area contributed by atoms with E-state index in [1.165, 1.54) is 0 Å². The van der Waals surface area contributed by atoms with Crippen molar-refractivity contribution < 1.29 is 24.2 Å². The smallest absolute Gasteiger partial charge is 0.303 e. The molecule has 0 aliphatic rings. The lowest BCUT2D eigenvalue weighted by atomic mass is 10.0. The summed E-state index contributed by atoms with van der Waals surface area (Å²) in [6.45, 7) is 4.43. The highest BCUT2D eigenvalue weighted by Crippen LogP contribution is 2.27. The van der Waals surface area contributed by atoms with E-state index >= 15 is 0 Å². The Balaban J connectivity index is 2.01. The molecule has 2 aromatic carbocycles. The maximum absolute atomic E-state index is 12.4. The molecule has 6 heteroatoms. The fourth-order valence-electron chi connectivity index (χ4n) is 2.74. The number of carbonyl (C=O) groups excluding carboxylic acids is 2. The van der Waals surface area contributed by atoms with Gasteiger partial charge in [-0.05, 0) is 37.5 Å². The molecule has 154 valence electrons. The van der Waals surface area contributed by atoms with E-state index in [0.29, 0.717) is 30.0 Å². The molecule has 0 atom stereocenters. The van der Waals surface area contributed by atoms with Crippen molar-refractivity contribution in [3.63, 3.8) is 0 Å². The Morgan fingerprint density at radius 1 is 1.00 bits per heavy atom. The third-order valence-corrected chi connectivity index (χ3v) is 4.36. The van der Waals surface area contributed by atoms with E-state index in [4.69, 9.17) is 9.84 Å². The van der Waals surface area contributed by atoms with Crippen LogP contribution >= 0.6 is 0 Å². The second-order valence-corrected chi connectivity index (χ2v) is 6.91. The van der Waals surface area contributed by atoms with Gasteiger partial charge in [-0.1, -0.05) is 42.8 Å². The number of benzene rings is 2. The number of carboxylic acids is 1. The van der Waals surface area contributed by atoms with Gasteiger partial charge in [0.05, 0.1) is 12.3 Å². The Hall–Kier alpha value is -3.15. The fraction of sp³-hybridized carbons (Fsp3) is 0.348. The number of ether oxygens (including phenoxy) is 1. The summed E-state index contributed by atoms with van der Waals surface area (Å²) in [7, 11) is 0. The molecule has 0 aliphatic heterocycles. The Morgan fingerprint density at radius 2 is 1.72 bits per heavy atom. The van der Waals surface area contributed by atoms with E-state index in [0.717, 1.165) is 17.5 Å². The van der Waals surface area contributed by atoms with Crippen LogP contribution in [0.3, 0.4) is 0 Å². The number of carboxylic acid groups (broad SMARTS) is 1. The van der Waals surface area contributed by atoms with Crippen molar-refractivity contribution in [2.24, 2.45) is 0 Å². The van der Waals surface area contributed by atoms with E-state index < -0.39 is 5.97 Å². The number of carbonyl (C=O) groups is 3. The number of anilines is 1. The van der Waals surface area contributed by atoms with Gasteiger partial charge < -0.3 is 15.2 Å². The number of amides is 1. The first kappa shape index (κ1) is 22.1. The third-order valence-electron chi connectivity index (χ3n) is 4.36. The molecule has 0 unspecified atom stereocenters. The molecule has 6 nitrogen and oxygen atoms in total. The van der Waals surface area contributed by atoms with Gasteiger partial charge in [-0.2, -0.15) is 0 Å². The standard InChI is InChI=1S/C23H27NO5/c1-3-14-29-21-11-6-17(7-13-23(27)28)15-19(21)24-22(26)12-10-20(25)18-8-4-16(2)5-9-18/h4-6,8-9,11,15H,3,7,10,12-14H2,1-2H3,(H,24,26)(H,27,28). The van der Waals surface area contributed by atoms with Gasteiger partial charge >= 0.3 is 5.97 Å². The second kappa shape index (κ2) is 11.0. The number of hydrogen-bond donors (Lipinski definition) is 2. The average Bonchev–Trinajstić information content (AvgIpc) is 2.70. The van der Waals surface area contributed by atoms with Crippen molar-refractivity contribution in [3.05, 3.63) is 59.2 Å². The second-order valence-electron chi connectivity index (χ2n) is 6.91. The van der Waals surface area contributed by atoms with Gasteiger partial charge in [0.1, 0.15) is 5.75 Å². The van der Waals surface area contributed by atoms with Crippen LogP contribution in [-0.2, 0) is 16.0 Å². The number of aliphatic carboxylic acids is 1. The molecule has 2 N–H and O–H groups in total. The highest BCUT2D eigenvalue weighted by Gasteiger charge is 2.13. The third kappa shape index (κ3) is 7.41. The lowest BCUT2D eigenvalue weighted by molar-refractivity contribution is -0.137. The topological polar surface area (TPSA) is 92.7 Å². The zero-order valence-corrected chi connectivity index (χ0v) is 16.9. The molecule has 0 fully saturated rings. The predicted octanol–water partition coefficient (Wildman–Crippen LogP) is 4.40. The van der Waals surface area contributed by atoms with Crippen LogP contribution in [0.5, 0.6) is 5.75 Å². The summed E-state index contributed by atoms with van der Waals surface area (Å²) in [6.07, 6.45) is 1.35. The summed E-state index contributed by atoms with van der Waals surface area (Å²) < 4.78 is 5.68. The largest absolute Gasteiger partial charge is 0.491 e. The SMILES string of the molecule is CCCOc1ccc(CCC(=O)O)cc1NC(=O)CCC(=O)c1ccc(C)cc1. The van der Waals surface area contributed by atoms with Crippen molar-refractivity contribution in [1.29, 1.82) is 0 Å². The minimum absolute atomic E-state index is 0.00754. The summed E-state index contributed by atoms with van der Waals surface area (Å²) >= 11 is 0. The van der Waals surface area contributed by atoms with E-state index in [-0.39, 0.29) is 31.0 Å². The first-order valence-corrected chi connectivity index (χ1v) is 9.76. The summed E-state index contributed by atoms with van der Waals surface area (Å²) in [5.41, 5.74) is 2.95. The number of nitrogens with one attached hydrogen (secondary N) is 1. The molecule has 0 radical (unpaired) electrons. The zero-order valence-electron chi connectivity index (χ0n) is 16.9. The molecule has 2 rings (SSSR count). The maximum Gasteiger partial charge on any atom is 0.303 e. The van der Waals surface area contributed by atoms with Crippen molar-refractivity contribution >= 4 is 23.3 Å². The van der Waals surface area contributed by atoms with Crippen LogP contribution in [0.4, 0.5) is 5.69 Å². The number of Topliss-reactive ketones (excluding diaryl/α,β-unsaturated/α-hetero) is 1. The van der Waals surface area contributed by atoms with Gasteiger partial charge in [0.15, 0.2) is 5.78 Å². The Bertz CT molecular complexity index is 858. The minimum Gasteiger partial charge on any atom is -0.491 e. The molecule has 0 saturated heterocycles. The van der Waals surface area contributed by atoms with Crippen LogP contribution in [0.15, 0.2) is 42.5 Å². The highest BCUT2D eigenvalue weighted by molar-refractivity contribution is 6.00. The minimum atomic E-state index is -0.878.